The van der Waals surface area contributed by atoms with E-state index in [0.717, 1.165) is 24.5 Å². The van der Waals surface area contributed by atoms with Crippen LogP contribution in [0.15, 0.2) is 29.5 Å². The summed E-state index contributed by atoms with van der Waals surface area (Å²) in [5.74, 6) is 0.0590. The lowest BCUT2D eigenvalue weighted by Gasteiger charge is -2.59. The highest BCUT2D eigenvalue weighted by molar-refractivity contribution is 6.33. The molecule has 1 aromatic carbocycles. The number of hydrogen-bond donors (Lipinski definition) is 1. The zero-order valence-corrected chi connectivity index (χ0v) is 20.8. The molecular formula is C27H34ClFN2O2. The number of likely N-dealkylation sites (tertiary alicyclic amines) is 1. The molecule has 0 aromatic heterocycles. The average molecular weight is 473 g/mol. The molecule has 6 atom stereocenters. The minimum Gasteiger partial charge on any atom is -0.324 e. The fraction of sp³-hybridized carbons (Fsp3) is 0.630. The maximum absolute atomic E-state index is 13.4. The summed E-state index contributed by atoms with van der Waals surface area (Å²) < 4.78 is 13.4. The molecule has 33 heavy (non-hydrogen) atoms. The third-order valence-electron chi connectivity index (χ3n) is 9.62. The number of fused-ring (bicyclic) bond motifs is 5. The van der Waals surface area contributed by atoms with Gasteiger partial charge >= 0.3 is 0 Å². The summed E-state index contributed by atoms with van der Waals surface area (Å²) in [6, 6.07) is 3.88. The van der Waals surface area contributed by atoms with Gasteiger partial charge in [0.05, 0.1) is 10.7 Å². The highest BCUT2D eigenvalue weighted by Crippen LogP contribution is 2.65. The van der Waals surface area contributed by atoms with Crippen LogP contribution in [0.5, 0.6) is 0 Å². The van der Waals surface area contributed by atoms with Gasteiger partial charge in [0.25, 0.3) is 0 Å². The van der Waals surface area contributed by atoms with E-state index in [2.05, 4.69) is 26.1 Å². The molecular weight excluding hydrogens is 439 g/mol. The van der Waals surface area contributed by atoms with Crippen molar-refractivity contribution in [2.45, 2.75) is 65.7 Å². The second-order valence-electron chi connectivity index (χ2n) is 11.5. The van der Waals surface area contributed by atoms with Crippen molar-refractivity contribution in [2.24, 2.45) is 34.5 Å². The minimum absolute atomic E-state index is 0.133. The molecule has 0 radical (unpaired) electrons. The highest BCUT2D eigenvalue weighted by Gasteiger charge is 2.60. The van der Waals surface area contributed by atoms with Crippen LogP contribution in [-0.4, -0.2) is 23.8 Å². The molecule has 4 aliphatic rings. The molecule has 1 N–H and O–H groups in total. The number of carbonyl (C=O) groups excluding carboxylic acids is 2. The molecule has 4 nitrogen and oxygen atoms in total. The van der Waals surface area contributed by atoms with Gasteiger partial charge in [0, 0.05) is 18.2 Å². The Morgan fingerprint density at radius 1 is 1.21 bits per heavy atom. The third-order valence-corrected chi connectivity index (χ3v) is 9.93. The number of nitrogens with one attached hydrogen (secondary N) is 1. The number of halogens is 2. The quantitative estimate of drug-likeness (QED) is 0.505. The van der Waals surface area contributed by atoms with Crippen LogP contribution in [0, 0.1) is 40.3 Å². The fourth-order valence-electron chi connectivity index (χ4n) is 8.26. The predicted molar refractivity (Wildman–Crippen MR) is 128 cm³/mol. The second kappa shape index (κ2) is 7.83. The van der Waals surface area contributed by atoms with E-state index in [1.54, 1.807) is 4.90 Å². The summed E-state index contributed by atoms with van der Waals surface area (Å²) in [4.78, 5) is 28.5. The van der Waals surface area contributed by atoms with Gasteiger partial charge in [-0.3, -0.25) is 9.59 Å². The number of piperidine rings is 1. The fourth-order valence-corrected chi connectivity index (χ4v) is 8.47. The van der Waals surface area contributed by atoms with E-state index in [0.29, 0.717) is 29.4 Å². The van der Waals surface area contributed by atoms with Crippen LogP contribution in [0.4, 0.5) is 10.1 Å². The molecule has 0 spiro atoms. The lowest BCUT2D eigenvalue weighted by atomic mass is 9.48. The van der Waals surface area contributed by atoms with E-state index >= 15 is 0 Å². The Hall–Kier alpha value is -1.88. The molecule has 1 unspecified atom stereocenters. The lowest BCUT2D eigenvalue weighted by Crippen LogP contribution is -2.57. The predicted octanol–water partition coefficient (Wildman–Crippen LogP) is 6.41. The van der Waals surface area contributed by atoms with Gasteiger partial charge in [-0.15, -0.1) is 0 Å². The molecule has 1 aromatic rings. The van der Waals surface area contributed by atoms with Crippen molar-refractivity contribution >= 4 is 29.1 Å². The smallest absolute Gasteiger partial charge is 0.239 e. The van der Waals surface area contributed by atoms with E-state index in [1.807, 2.05) is 7.05 Å². The van der Waals surface area contributed by atoms with Gasteiger partial charge in [-0.05, 0) is 86.8 Å². The Morgan fingerprint density at radius 3 is 2.70 bits per heavy atom. The van der Waals surface area contributed by atoms with Crippen molar-refractivity contribution in [3.63, 3.8) is 0 Å². The van der Waals surface area contributed by atoms with Crippen molar-refractivity contribution in [3.05, 3.63) is 40.3 Å². The molecule has 5 rings (SSSR count). The van der Waals surface area contributed by atoms with E-state index in [1.165, 1.54) is 49.5 Å². The van der Waals surface area contributed by atoms with Crippen LogP contribution in [0.25, 0.3) is 0 Å². The first kappa shape index (κ1) is 22.9. The van der Waals surface area contributed by atoms with E-state index in [-0.39, 0.29) is 22.3 Å². The topological polar surface area (TPSA) is 49.4 Å². The van der Waals surface area contributed by atoms with E-state index in [4.69, 9.17) is 11.6 Å². The van der Waals surface area contributed by atoms with Crippen LogP contribution in [0.3, 0.4) is 0 Å². The SMILES string of the molecule is CC1=C2N(C)C(=O)C(C(=O)Nc3ccc(F)cc3Cl)C[C@]2(C)[C@@H]2CC[C@]3(C)CCC[C@H]3[C@@H]2C1. The highest BCUT2D eigenvalue weighted by atomic mass is 35.5. The minimum atomic E-state index is -0.784. The van der Waals surface area contributed by atoms with Crippen molar-refractivity contribution < 1.29 is 14.0 Å². The lowest BCUT2D eigenvalue weighted by molar-refractivity contribution is -0.147. The number of carbonyl (C=O) groups is 2. The summed E-state index contributed by atoms with van der Waals surface area (Å²) in [6.45, 7) is 6.96. The number of nitrogens with zero attached hydrogens (tertiary/aromatic N) is 1. The van der Waals surface area contributed by atoms with Gasteiger partial charge in [0.15, 0.2) is 0 Å². The van der Waals surface area contributed by atoms with Crippen LogP contribution in [-0.2, 0) is 9.59 Å². The van der Waals surface area contributed by atoms with Crippen LogP contribution >= 0.6 is 11.6 Å². The van der Waals surface area contributed by atoms with Gasteiger partial charge < -0.3 is 10.2 Å². The zero-order chi connectivity index (χ0) is 23.7. The Labute approximate surface area is 200 Å². The average Bonchev–Trinajstić information content (AvgIpc) is 3.14. The molecule has 3 fully saturated rings. The second-order valence-corrected chi connectivity index (χ2v) is 11.9. The first-order valence-corrected chi connectivity index (χ1v) is 12.7. The number of rotatable bonds is 2. The Bertz CT molecular complexity index is 1050. The summed E-state index contributed by atoms with van der Waals surface area (Å²) >= 11 is 6.13. The van der Waals surface area contributed by atoms with E-state index in [9.17, 15) is 14.0 Å². The van der Waals surface area contributed by atoms with Gasteiger partial charge in [-0.2, -0.15) is 0 Å². The van der Waals surface area contributed by atoms with Gasteiger partial charge in [0.1, 0.15) is 11.7 Å². The van der Waals surface area contributed by atoms with Gasteiger partial charge in [-0.1, -0.05) is 37.4 Å². The molecule has 2 saturated carbocycles. The summed E-state index contributed by atoms with van der Waals surface area (Å²) in [7, 11) is 1.83. The number of hydrogen-bond acceptors (Lipinski definition) is 2. The maximum Gasteiger partial charge on any atom is 0.239 e. The molecule has 0 bridgehead atoms. The molecule has 2 amide bonds. The Morgan fingerprint density at radius 2 is 1.97 bits per heavy atom. The molecule has 1 saturated heterocycles. The number of benzene rings is 1. The standard InChI is InChI=1S/C27H34ClFN2O2/c1-15-12-17-19-6-5-10-26(19,2)11-9-20(17)27(3)14-18(25(33)31(4)23(15)27)24(32)30-22-8-7-16(29)13-21(22)28/h7-8,13,17-20H,5-6,9-12,14H2,1-4H3,(H,30,32)/t17-,18?,19-,20+,26-,27+/m0/s1. The van der Waals surface area contributed by atoms with Gasteiger partial charge in [0.2, 0.25) is 11.8 Å². The number of amides is 2. The van der Waals surface area contributed by atoms with Crippen molar-refractivity contribution in [1.29, 1.82) is 0 Å². The van der Waals surface area contributed by atoms with Crippen LogP contribution in [0.2, 0.25) is 5.02 Å². The molecule has 1 heterocycles. The van der Waals surface area contributed by atoms with Crippen molar-refractivity contribution in [3.8, 4) is 0 Å². The Balaban J connectivity index is 1.47. The normalized spacial score (nSPS) is 38.0. The summed E-state index contributed by atoms with van der Waals surface area (Å²) in [5.41, 5.74) is 3.02. The van der Waals surface area contributed by atoms with Crippen LogP contribution in [0.1, 0.15) is 65.7 Å². The number of allylic oxidation sites excluding steroid dienone is 2. The largest absolute Gasteiger partial charge is 0.324 e. The van der Waals surface area contributed by atoms with Crippen molar-refractivity contribution in [1.82, 2.24) is 4.90 Å². The third kappa shape index (κ3) is 3.45. The van der Waals surface area contributed by atoms with E-state index < -0.39 is 11.7 Å². The Kier molecular flexibility index (Phi) is 5.43. The molecule has 3 aliphatic carbocycles. The van der Waals surface area contributed by atoms with Crippen LogP contribution < -0.4 is 5.32 Å². The number of anilines is 1. The van der Waals surface area contributed by atoms with Crippen molar-refractivity contribution in [2.75, 3.05) is 12.4 Å². The first-order valence-electron chi connectivity index (χ1n) is 12.3. The molecule has 6 heteroatoms. The summed E-state index contributed by atoms with van der Waals surface area (Å²) in [6.07, 6.45) is 7.92. The first-order chi connectivity index (χ1) is 15.5. The zero-order valence-electron chi connectivity index (χ0n) is 20.0. The molecule has 178 valence electrons. The summed E-state index contributed by atoms with van der Waals surface area (Å²) in [5, 5.41) is 2.93. The maximum atomic E-state index is 13.4. The molecule has 1 aliphatic heterocycles. The van der Waals surface area contributed by atoms with Gasteiger partial charge in [-0.25, -0.2) is 4.39 Å². The monoisotopic (exact) mass is 472 g/mol.